The maximum absolute atomic E-state index is 12.1. The average molecular weight is 307 g/mol. The fourth-order valence-corrected chi connectivity index (χ4v) is 1.93. The van der Waals surface area contributed by atoms with Crippen LogP contribution in [-0.2, 0) is 0 Å². The summed E-state index contributed by atoms with van der Waals surface area (Å²) in [4.78, 5) is 16.1. The zero-order valence-electron chi connectivity index (χ0n) is 9.68. The first-order valence-electron chi connectivity index (χ1n) is 5.27. The van der Waals surface area contributed by atoms with Crippen LogP contribution in [-0.4, -0.2) is 18.0 Å². The number of pyridine rings is 1. The lowest BCUT2D eigenvalue weighted by Gasteiger charge is -2.09. The van der Waals surface area contributed by atoms with Gasteiger partial charge in [-0.05, 0) is 40.2 Å². The smallest absolute Gasteiger partial charge is 0.258 e. The Morgan fingerprint density at radius 3 is 2.78 bits per heavy atom. The quantitative estimate of drug-likeness (QED) is 0.948. The van der Waals surface area contributed by atoms with Crippen LogP contribution in [0.2, 0.25) is 0 Å². The van der Waals surface area contributed by atoms with Crippen LogP contribution in [0.1, 0.15) is 10.4 Å². The molecule has 0 bridgehead atoms. The van der Waals surface area contributed by atoms with Gasteiger partial charge in [-0.3, -0.25) is 4.79 Å². The molecule has 0 saturated carbocycles. The van der Waals surface area contributed by atoms with Crippen molar-refractivity contribution in [2.75, 3.05) is 12.4 Å². The van der Waals surface area contributed by atoms with Crippen molar-refractivity contribution in [1.29, 1.82) is 0 Å². The van der Waals surface area contributed by atoms with Crippen molar-refractivity contribution in [2.45, 2.75) is 0 Å². The number of halogens is 1. The van der Waals surface area contributed by atoms with Crippen molar-refractivity contribution in [3.63, 3.8) is 0 Å². The summed E-state index contributed by atoms with van der Waals surface area (Å²) < 4.78 is 5.86. The van der Waals surface area contributed by atoms with E-state index in [-0.39, 0.29) is 5.91 Å². The summed E-state index contributed by atoms with van der Waals surface area (Å²) in [6.07, 6.45) is 1.60. The lowest BCUT2D eigenvalue weighted by Crippen LogP contribution is -2.14. The number of anilines is 1. The number of ether oxygens (including phenoxy) is 1. The first-order valence-corrected chi connectivity index (χ1v) is 6.06. The van der Waals surface area contributed by atoms with Gasteiger partial charge in [0.1, 0.15) is 0 Å². The van der Waals surface area contributed by atoms with Crippen LogP contribution < -0.4 is 10.1 Å². The fourth-order valence-electron chi connectivity index (χ4n) is 1.47. The monoisotopic (exact) mass is 306 g/mol. The highest BCUT2D eigenvalue weighted by Gasteiger charge is 2.12. The van der Waals surface area contributed by atoms with Crippen molar-refractivity contribution < 1.29 is 9.53 Å². The van der Waals surface area contributed by atoms with Gasteiger partial charge >= 0.3 is 0 Å². The molecule has 1 amide bonds. The number of hydrogen-bond acceptors (Lipinski definition) is 3. The summed E-state index contributed by atoms with van der Waals surface area (Å²) in [7, 11) is 1.53. The largest absolute Gasteiger partial charge is 0.493 e. The summed E-state index contributed by atoms with van der Waals surface area (Å²) in [6, 6.07) is 10.7. The Hall–Kier alpha value is -1.88. The second-order valence-electron chi connectivity index (χ2n) is 3.49. The van der Waals surface area contributed by atoms with E-state index in [4.69, 9.17) is 4.74 Å². The highest BCUT2D eigenvalue weighted by Crippen LogP contribution is 2.22. The van der Waals surface area contributed by atoms with E-state index in [0.717, 1.165) is 4.47 Å². The minimum absolute atomic E-state index is 0.237. The number of rotatable bonds is 3. The van der Waals surface area contributed by atoms with Gasteiger partial charge in [-0.15, -0.1) is 0 Å². The summed E-state index contributed by atoms with van der Waals surface area (Å²) in [6.45, 7) is 0. The summed E-state index contributed by atoms with van der Waals surface area (Å²) in [5.41, 5.74) is 0.546. The van der Waals surface area contributed by atoms with Crippen LogP contribution in [0.3, 0.4) is 0 Å². The molecule has 4 nitrogen and oxygen atoms in total. The Labute approximate surface area is 113 Å². The van der Waals surface area contributed by atoms with E-state index in [1.54, 1.807) is 30.5 Å². The second kappa shape index (κ2) is 5.64. The van der Waals surface area contributed by atoms with E-state index in [9.17, 15) is 4.79 Å². The first-order chi connectivity index (χ1) is 8.72. The van der Waals surface area contributed by atoms with Crippen LogP contribution in [0, 0.1) is 0 Å². The molecule has 0 radical (unpaired) electrons. The first kappa shape index (κ1) is 12.6. The predicted molar refractivity (Wildman–Crippen MR) is 72.9 cm³/mol. The Bertz CT molecular complexity index is 572. The lowest BCUT2D eigenvalue weighted by atomic mass is 10.2. The van der Waals surface area contributed by atoms with Crippen molar-refractivity contribution >= 4 is 27.7 Å². The van der Waals surface area contributed by atoms with Crippen LogP contribution in [0.4, 0.5) is 5.82 Å². The number of aromatic nitrogens is 1. The minimum Gasteiger partial charge on any atom is -0.493 e. The lowest BCUT2D eigenvalue weighted by molar-refractivity contribution is 0.102. The molecule has 1 aromatic carbocycles. The second-order valence-corrected chi connectivity index (χ2v) is 4.34. The number of nitrogens with one attached hydrogen (secondary N) is 1. The van der Waals surface area contributed by atoms with E-state index in [1.165, 1.54) is 7.11 Å². The molecule has 0 fully saturated rings. The molecular weight excluding hydrogens is 296 g/mol. The molecule has 1 aromatic heterocycles. The molecule has 1 heterocycles. The molecule has 2 rings (SSSR count). The molecule has 18 heavy (non-hydrogen) atoms. The molecule has 0 unspecified atom stereocenters. The topological polar surface area (TPSA) is 51.2 Å². The molecule has 0 atom stereocenters. The molecule has 0 aliphatic heterocycles. The fraction of sp³-hybridized carbons (Fsp3) is 0.0769. The summed E-state index contributed by atoms with van der Waals surface area (Å²) >= 11 is 3.33. The molecule has 0 aliphatic carbocycles. The van der Waals surface area contributed by atoms with Gasteiger partial charge in [-0.1, -0.05) is 12.1 Å². The molecule has 92 valence electrons. The van der Waals surface area contributed by atoms with Crippen molar-refractivity contribution in [3.05, 3.63) is 52.6 Å². The SMILES string of the molecule is COc1cccnc1NC(=O)c1ccccc1Br. The number of hydrogen-bond donors (Lipinski definition) is 1. The minimum atomic E-state index is -0.237. The zero-order chi connectivity index (χ0) is 13.0. The number of amides is 1. The van der Waals surface area contributed by atoms with Gasteiger partial charge in [0.15, 0.2) is 11.6 Å². The van der Waals surface area contributed by atoms with Crippen molar-refractivity contribution in [2.24, 2.45) is 0 Å². The third-order valence-electron chi connectivity index (χ3n) is 2.34. The van der Waals surface area contributed by atoms with E-state index in [2.05, 4.69) is 26.2 Å². The van der Waals surface area contributed by atoms with Crippen LogP contribution in [0.25, 0.3) is 0 Å². The van der Waals surface area contributed by atoms with Gasteiger partial charge in [-0.25, -0.2) is 4.98 Å². The molecule has 5 heteroatoms. The van der Waals surface area contributed by atoms with E-state index >= 15 is 0 Å². The van der Waals surface area contributed by atoms with Gasteiger partial charge in [0, 0.05) is 10.7 Å². The van der Waals surface area contributed by atoms with Crippen LogP contribution in [0.5, 0.6) is 5.75 Å². The van der Waals surface area contributed by atoms with E-state index in [1.807, 2.05) is 12.1 Å². The third-order valence-corrected chi connectivity index (χ3v) is 3.03. The standard InChI is InChI=1S/C13H11BrN2O2/c1-18-11-7-4-8-15-12(11)16-13(17)9-5-2-3-6-10(9)14/h2-8H,1H3,(H,15,16,17). The van der Waals surface area contributed by atoms with E-state index < -0.39 is 0 Å². The zero-order valence-corrected chi connectivity index (χ0v) is 11.3. The third kappa shape index (κ3) is 2.68. The maximum atomic E-state index is 12.1. The van der Waals surface area contributed by atoms with Gasteiger partial charge in [0.05, 0.1) is 12.7 Å². The number of benzene rings is 1. The average Bonchev–Trinajstić information content (AvgIpc) is 2.39. The van der Waals surface area contributed by atoms with Crippen LogP contribution >= 0.6 is 15.9 Å². The van der Waals surface area contributed by atoms with Crippen molar-refractivity contribution in [3.8, 4) is 5.75 Å². The molecule has 0 saturated heterocycles. The molecule has 2 aromatic rings. The Morgan fingerprint density at radius 1 is 1.28 bits per heavy atom. The van der Waals surface area contributed by atoms with Gasteiger partial charge in [0.2, 0.25) is 0 Å². The molecular formula is C13H11BrN2O2. The van der Waals surface area contributed by atoms with Crippen LogP contribution in [0.15, 0.2) is 47.1 Å². The number of nitrogens with zero attached hydrogens (tertiary/aromatic N) is 1. The summed E-state index contributed by atoms with van der Waals surface area (Å²) in [5.74, 6) is 0.693. The number of carbonyl (C=O) groups is 1. The maximum Gasteiger partial charge on any atom is 0.258 e. The predicted octanol–water partition coefficient (Wildman–Crippen LogP) is 3.11. The Morgan fingerprint density at radius 2 is 2.06 bits per heavy atom. The summed E-state index contributed by atoms with van der Waals surface area (Å²) in [5, 5.41) is 2.71. The normalized spacial score (nSPS) is 9.89. The number of methoxy groups -OCH3 is 1. The Balaban J connectivity index is 2.24. The van der Waals surface area contributed by atoms with Gasteiger partial charge < -0.3 is 10.1 Å². The molecule has 1 N–H and O–H groups in total. The van der Waals surface area contributed by atoms with E-state index in [0.29, 0.717) is 17.1 Å². The van der Waals surface area contributed by atoms with Gasteiger partial charge in [-0.2, -0.15) is 0 Å². The highest BCUT2D eigenvalue weighted by atomic mass is 79.9. The van der Waals surface area contributed by atoms with Crippen molar-refractivity contribution in [1.82, 2.24) is 4.98 Å². The molecule has 0 aliphatic rings. The van der Waals surface area contributed by atoms with Gasteiger partial charge in [0.25, 0.3) is 5.91 Å². The highest BCUT2D eigenvalue weighted by molar-refractivity contribution is 9.10. The molecule has 0 spiro atoms. The Kier molecular flexibility index (Phi) is 3.94. The number of carbonyl (C=O) groups excluding carboxylic acids is 1.